The number of ether oxygens (including phenoxy) is 1. The Morgan fingerprint density at radius 2 is 2.38 bits per heavy atom. The third kappa shape index (κ3) is 2.66. The van der Waals surface area contributed by atoms with E-state index >= 15 is 0 Å². The van der Waals surface area contributed by atoms with E-state index in [1.165, 1.54) is 18.4 Å². The van der Waals surface area contributed by atoms with E-state index in [1.807, 2.05) is 6.07 Å². The summed E-state index contributed by atoms with van der Waals surface area (Å²) in [5.41, 5.74) is 0. The molecule has 70 valence electrons. The van der Waals surface area contributed by atoms with Crippen LogP contribution in [-0.4, -0.2) is 19.4 Å². The van der Waals surface area contributed by atoms with Gasteiger partial charge in [-0.05, 0) is 18.6 Å². The van der Waals surface area contributed by atoms with Crippen molar-refractivity contribution in [1.82, 2.24) is 0 Å². The molecule has 0 saturated carbocycles. The van der Waals surface area contributed by atoms with Gasteiger partial charge in [0.2, 0.25) is 0 Å². The molecule has 0 atom stereocenters. The van der Waals surface area contributed by atoms with Crippen LogP contribution in [0.25, 0.3) is 0 Å². The summed E-state index contributed by atoms with van der Waals surface area (Å²) in [4.78, 5) is 22.7. The Balaban J connectivity index is 2.63. The predicted molar refractivity (Wildman–Crippen MR) is 50.0 cm³/mol. The number of carbonyl (C=O) groups is 2. The molecular formula is C9H10O3S. The van der Waals surface area contributed by atoms with Gasteiger partial charge >= 0.3 is 5.97 Å². The molecule has 0 aliphatic heterocycles. The van der Waals surface area contributed by atoms with Gasteiger partial charge in [-0.3, -0.25) is 0 Å². The fourth-order valence-corrected chi connectivity index (χ4v) is 1.86. The zero-order chi connectivity index (χ0) is 9.68. The molecule has 0 N–H and O–H groups in total. The first-order valence-corrected chi connectivity index (χ1v) is 4.70. The number of hydrogen-bond acceptors (Lipinski definition) is 4. The Hall–Kier alpha value is -1.16. The first kappa shape index (κ1) is 9.92. The molecule has 0 radical (unpaired) electrons. The van der Waals surface area contributed by atoms with E-state index < -0.39 is 0 Å². The maximum atomic E-state index is 11.0. The third-order valence-corrected chi connectivity index (χ3v) is 2.68. The number of thiophene rings is 1. The van der Waals surface area contributed by atoms with Crippen LogP contribution in [0.3, 0.4) is 0 Å². The van der Waals surface area contributed by atoms with Crippen molar-refractivity contribution in [2.45, 2.75) is 12.8 Å². The highest BCUT2D eigenvalue weighted by atomic mass is 32.1. The summed E-state index contributed by atoms with van der Waals surface area (Å²) in [6.45, 7) is 0. The number of methoxy groups -OCH3 is 1. The van der Waals surface area contributed by atoms with Gasteiger partial charge in [-0.25, -0.2) is 4.79 Å². The van der Waals surface area contributed by atoms with E-state index in [0.717, 1.165) is 11.2 Å². The van der Waals surface area contributed by atoms with Crippen molar-refractivity contribution in [2.75, 3.05) is 7.11 Å². The van der Waals surface area contributed by atoms with E-state index in [2.05, 4.69) is 4.74 Å². The van der Waals surface area contributed by atoms with Crippen molar-refractivity contribution in [2.24, 2.45) is 0 Å². The Labute approximate surface area is 80.3 Å². The summed E-state index contributed by atoms with van der Waals surface area (Å²) in [5.74, 6) is -0.317. The second-order valence-corrected chi connectivity index (χ2v) is 3.63. The quantitative estimate of drug-likeness (QED) is 0.546. The van der Waals surface area contributed by atoms with Crippen molar-refractivity contribution < 1.29 is 14.3 Å². The minimum atomic E-state index is -0.317. The van der Waals surface area contributed by atoms with Crippen LogP contribution in [0.2, 0.25) is 0 Å². The number of esters is 1. The fourth-order valence-electron chi connectivity index (χ4n) is 0.924. The van der Waals surface area contributed by atoms with Gasteiger partial charge < -0.3 is 9.53 Å². The molecule has 0 spiro atoms. The van der Waals surface area contributed by atoms with Crippen molar-refractivity contribution >= 4 is 23.6 Å². The average molecular weight is 198 g/mol. The topological polar surface area (TPSA) is 43.4 Å². The summed E-state index contributed by atoms with van der Waals surface area (Å²) in [6.07, 6.45) is 2.07. The molecule has 0 unspecified atom stereocenters. The zero-order valence-corrected chi connectivity index (χ0v) is 8.10. The van der Waals surface area contributed by atoms with Gasteiger partial charge in [0.15, 0.2) is 0 Å². The minimum Gasteiger partial charge on any atom is -0.465 e. The number of aldehydes is 1. The van der Waals surface area contributed by atoms with Gasteiger partial charge in [-0.15, -0.1) is 11.3 Å². The highest BCUT2D eigenvalue weighted by molar-refractivity contribution is 7.13. The van der Waals surface area contributed by atoms with Crippen LogP contribution in [0.1, 0.15) is 21.0 Å². The summed E-state index contributed by atoms with van der Waals surface area (Å²) < 4.78 is 4.56. The van der Waals surface area contributed by atoms with Gasteiger partial charge in [-0.2, -0.15) is 0 Å². The molecule has 0 fully saturated rings. The normalized spacial score (nSPS) is 9.62. The standard InChI is InChI=1S/C9H10O3S/c1-12-9(11)8-5-4-7(13-8)3-2-6-10/h4-6H,2-3H2,1H3. The highest BCUT2D eigenvalue weighted by Gasteiger charge is 2.08. The van der Waals surface area contributed by atoms with Gasteiger partial charge in [0.05, 0.1) is 7.11 Å². The average Bonchev–Trinajstić information content (AvgIpc) is 2.62. The molecule has 0 aliphatic rings. The van der Waals surface area contributed by atoms with Crippen molar-refractivity contribution in [3.8, 4) is 0 Å². The van der Waals surface area contributed by atoms with E-state index in [0.29, 0.717) is 17.7 Å². The second-order valence-electron chi connectivity index (χ2n) is 2.46. The van der Waals surface area contributed by atoms with Gasteiger partial charge in [0, 0.05) is 11.3 Å². The molecule has 0 aliphatic carbocycles. The Kier molecular flexibility index (Phi) is 3.64. The Morgan fingerprint density at radius 3 is 3.00 bits per heavy atom. The molecule has 1 aromatic rings. The number of hydrogen-bond donors (Lipinski definition) is 0. The van der Waals surface area contributed by atoms with Crippen LogP contribution >= 0.6 is 11.3 Å². The van der Waals surface area contributed by atoms with Gasteiger partial charge in [-0.1, -0.05) is 0 Å². The molecule has 13 heavy (non-hydrogen) atoms. The SMILES string of the molecule is COC(=O)c1ccc(CCC=O)s1. The van der Waals surface area contributed by atoms with Crippen LogP contribution in [0.4, 0.5) is 0 Å². The van der Waals surface area contributed by atoms with Crippen LogP contribution < -0.4 is 0 Å². The van der Waals surface area contributed by atoms with Crippen LogP contribution in [0.5, 0.6) is 0 Å². The molecular weight excluding hydrogens is 188 g/mol. The second kappa shape index (κ2) is 4.77. The van der Waals surface area contributed by atoms with Crippen molar-refractivity contribution in [3.05, 3.63) is 21.9 Å². The van der Waals surface area contributed by atoms with Crippen LogP contribution in [-0.2, 0) is 16.0 Å². The number of rotatable bonds is 4. The van der Waals surface area contributed by atoms with E-state index in [4.69, 9.17) is 0 Å². The largest absolute Gasteiger partial charge is 0.465 e. The van der Waals surface area contributed by atoms with Crippen LogP contribution in [0.15, 0.2) is 12.1 Å². The first-order valence-electron chi connectivity index (χ1n) is 3.88. The lowest BCUT2D eigenvalue weighted by atomic mass is 10.3. The molecule has 0 bridgehead atoms. The number of aryl methyl sites for hydroxylation is 1. The Bertz CT molecular complexity index is 304. The van der Waals surface area contributed by atoms with Crippen LogP contribution in [0, 0.1) is 0 Å². The van der Waals surface area contributed by atoms with Gasteiger partial charge in [0.25, 0.3) is 0 Å². The van der Waals surface area contributed by atoms with E-state index in [-0.39, 0.29) is 5.97 Å². The zero-order valence-electron chi connectivity index (χ0n) is 7.28. The molecule has 0 saturated heterocycles. The van der Waals surface area contributed by atoms with E-state index in [9.17, 15) is 9.59 Å². The molecule has 4 heteroatoms. The molecule has 1 aromatic heterocycles. The summed E-state index contributed by atoms with van der Waals surface area (Å²) in [6, 6.07) is 3.57. The first-order chi connectivity index (χ1) is 6.27. The monoisotopic (exact) mass is 198 g/mol. The van der Waals surface area contributed by atoms with Gasteiger partial charge in [0.1, 0.15) is 11.2 Å². The lowest BCUT2D eigenvalue weighted by Crippen LogP contribution is -1.96. The predicted octanol–water partition coefficient (Wildman–Crippen LogP) is 1.67. The lowest BCUT2D eigenvalue weighted by Gasteiger charge is -1.92. The molecule has 3 nitrogen and oxygen atoms in total. The molecule has 1 heterocycles. The minimum absolute atomic E-state index is 0.317. The maximum absolute atomic E-state index is 11.0. The summed E-state index contributed by atoms with van der Waals surface area (Å²) >= 11 is 1.37. The smallest absolute Gasteiger partial charge is 0.348 e. The summed E-state index contributed by atoms with van der Waals surface area (Å²) in [7, 11) is 1.35. The highest BCUT2D eigenvalue weighted by Crippen LogP contribution is 2.18. The molecule has 0 amide bonds. The van der Waals surface area contributed by atoms with E-state index in [1.54, 1.807) is 6.07 Å². The maximum Gasteiger partial charge on any atom is 0.348 e. The fraction of sp³-hybridized carbons (Fsp3) is 0.333. The number of carbonyl (C=O) groups excluding carboxylic acids is 2. The van der Waals surface area contributed by atoms with Crippen molar-refractivity contribution in [3.63, 3.8) is 0 Å². The molecule has 0 aromatic carbocycles. The van der Waals surface area contributed by atoms with Crippen molar-refractivity contribution in [1.29, 1.82) is 0 Å². The Morgan fingerprint density at radius 1 is 1.62 bits per heavy atom. The third-order valence-electron chi connectivity index (χ3n) is 1.56. The lowest BCUT2D eigenvalue weighted by molar-refractivity contribution is -0.107. The summed E-state index contributed by atoms with van der Waals surface area (Å²) in [5, 5.41) is 0. The molecule has 1 rings (SSSR count).